The first kappa shape index (κ1) is 14.8. The molecule has 1 aromatic carbocycles. The predicted octanol–water partition coefficient (Wildman–Crippen LogP) is 2.37. The van der Waals surface area contributed by atoms with Gasteiger partial charge in [-0.15, -0.1) is 0 Å². The summed E-state index contributed by atoms with van der Waals surface area (Å²) in [6.07, 6.45) is 3.56. The van der Waals surface area contributed by atoms with Crippen molar-refractivity contribution in [3.63, 3.8) is 0 Å². The zero-order chi connectivity index (χ0) is 15.5. The summed E-state index contributed by atoms with van der Waals surface area (Å²) < 4.78 is 0. The number of carbonyl (C=O) groups excluding carboxylic acids is 1. The van der Waals surface area contributed by atoms with Crippen LogP contribution in [0.25, 0.3) is 10.9 Å². The summed E-state index contributed by atoms with van der Waals surface area (Å²) in [5.41, 5.74) is 0.946. The number of aromatic nitrogens is 2. The molecule has 3 rings (SSSR count). The molecule has 116 valence electrons. The fourth-order valence-electron chi connectivity index (χ4n) is 3.03. The van der Waals surface area contributed by atoms with Crippen LogP contribution in [-0.4, -0.2) is 35.0 Å². The van der Waals surface area contributed by atoms with Gasteiger partial charge in [0, 0.05) is 24.5 Å². The third kappa shape index (κ3) is 3.03. The number of fused-ring (bicyclic) bond motifs is 1. The minimum Gasteiger partial charge on any atom is -0.355 e. The summed E-state index contributed by atoms with van der Waals surface area (Å²) >= 11 is 0. The van der Waals surface area contributed by atoms with E-state index in [0.717, 1.165) is 42.7 Å². The van der Waals surface area contributed by atoms with Crippen LogP contribution in [0.5, 0.6) is 0 Å². The third-order valence-electron chi connectivity index (χ3n) is 4.04. The van der Waals surface area contributed by atoms with E-state index in [1.54, 1.807) is 6.33 Å². The Kier molecular flexibility index (Phi) is 4.22. The number of nitrogens with zero attached hydrogens (tertiary/aromatic N) is 3. The second kappa shape index (κ2) is 6.30. The fourth-order valence-corrected chi connectivity index (χ4v) is 3.03. The van der Waals surface area contributed by atoms with Gasteiger partial charge in [-0.25, -0.2) is 9.97 Å². The number of hydrogen-bond donors (Lipinski definition) is 1. The van der Waals surface area contributed by atoms with Crippen molar-refractivity contribution in [2.75, 3.05) is 18.0 Å². The van der Waals surface area contributed by atoms with Crippen molar-refractivity contribution in [2.45, 2.75) is 32.7 Å². The zero-order valence-electron chi connectivity index (χ0n) is 13.1. The van der Waals surface area contributed by atoms with E-state index >= 15 is 0 Å². The quantitative estimate of drug-likeness (QED) is 0.945. The van der Waals surface area contributed by atoms with Crippen LogP contribution in [0.3, 0.4) is 0 Å². The first-order valence-corrected chi connectivity index (χ1v) is 7.90. The lowest BCUT2D eigenvalue weighted by molar-refractivity contribution is -0.125. The Balaban J connectivity index is 1.83. The first-order valence-electron chi connectivity index (χ1n) is 7.90. The van der Waals surface area contributed by atoms with Gasteiger partial charge in [0.05, 0.1) is 11.4 Å². The van der Waals surface area contributed by atoms with Crippen LogP contribution in [-0.2, 0) is 4.79 Å². The topological polar surface area (TPSA) is 58.1 Å². The summed E-state index contributed by atoms with van der Waals surface area (Å²) in [5, 5.41) is 4.07. The normalized spacial score (nSPS) is 18.7. The highest BCUT2D eigenvalue weighted by Crippen LogP contribution is 2.27. The molecule has 1 saturated heterocycles. The maximum absolute atomic E-state index is 12.3. The van der Waals surface area contributed by atoms with Crippen molar-refractivity contribution < 1.29 is 4.79 Å². The Labute approximate surface area is 130 Å². The van der Waals surface area contributed by atoms with Crippen molar-refractivity contribution in [1.82, 2.24) is 15.3 Å². The molecule has 22 heavy (non-hydrogen) atoms. The van der Waals surface area contributed by atoms with Crippen molar-refractivity contribution in [3.05, 3.63) is 30.6 Å². The van der Waals surface area contributed by atoms with E-state index in [9.17, 15) is 4.79 Å². The number of para-hydroxylation sites is 1. The monoisotopic (exact) mass is 298 g/mol. The number of anilines is 1. The minimum absolute atomic E-state index is 0.0323. The van der Waals surface area contributed by atoms with Gasteiger partial charge in [-0.2, -0.15) is 0 Å². The zero-order valence-corrected chi connectivity index (χ0v) is 13.1. The lowest BCUT2D eigenvalue weighted by Crippen LogP contribution is -2.45. The molecule has 1 fully saturated rings. The fraction of sp³-hybridized carbons (Fsp3) is 0.471. The standard InChI is InChI=1S/C17H22N4O/c1-12(2)20-17(22)13-6-5-9-21(10-13)16-14-7-3-4-8-15(14)18-11-19-16/h3-4,7-8,11-13H,5-6,9-10H2,1-2H3,(H,20,22). The first-order chi connectivity index (χ1) is 10.6. The predicted molar refractivity (Wildman–Crippen MR) is 87.8 cm³/mol. The van der Waals surface area contributed by atoms with E-state index in [1.807, 2.05) is 38.1 Å². The number of hydrogen-bond acceptors (Lipinski definition) is 4. The van der Waals surface area contributed by atoms with Crippen LogP contribution in [0, 0.1) is 5.92 Å². The molecule has 0 spiro atoms. The molecule has 1 aromatic heterocycles. The van der Waals surface area contributed by atoms with Gasteiger partial charge in [-0.3, -0.25) is 4.79 Å². The molecule has 0 bridgehead atoms. The molecule has 0 radical (unpaired) electrons. The van der Waals surface area contributed by atoms with Crippen LogP contribution >= 0.6 is 0 Å². The Morgan fingerprint density at radius 1 is 1.32 bits per heavy atom. The second-order valence-corrected chi connectivity index (χ2v) is 6.16. The molecule has 1 amide bonds. The average Bonchev–Trinajstić information content (AvgIpc) is 2.54. The Hall–Kier alpha value is -2.17. The highest BCUT2D eigenvalue weighted by Gasteiger charge is 2.27. The average molecular weight is 298 g/mol. The molecule has 5 nitrogen and oxygen atoms in total. The highest BCUT2D eigenvalue weighted by molar-refractivity contribution is 5.89. The van der Waals surface area contributed by atoms with Gasteiger partial charge in [-0.05, 0) is 38.8 Å². The molecule has 0 saturated carbocycles. The lowest BCUT2D eigenvalue weighted by Gasteiger charge is -2.33. The molecule has 5 heteroatoms. The summed E-state index contributed by atoms with van der Waals surface area (Å²) in [7, 11) is 0. The number of piperidine rings is 1. The maximum atomic E-state index is 12.3. The SMILES string of the molecule is CC(C)NC(=O)C1CCCN(c2ncnc3ccccc23)C1. The van der Waals surface area contributed by atoms with Gasteiger partial charge in [0.2, 0.25) is 5.91 Å². The van der Waals surface area contributed by atoms with E-state index in [-0.39, 0.29) is 17.9 Å². The van der Waals surface area contributed by atoms with Crippen LogP contribution in [0.1, 0.15) is 26.7 Å². The molecule has 1 atom stereocenters. The van der Waals surface area contributed by atoms with E-state index in [4.69, 9.17) is 0 Å². The van der Waals surface area contributed by atoms with Crippen LogP contribution in [0.15, 0.2) is 30.6 Å². The summed E-state index contributed by atoms with van der Waals surface area (Å²) in [5.74, 6) is 1.12. The van der Waals surface area contributed by atoms with E-state index in [2.05, 4.69) is 20.2 Å². The highest BCUT2D eigenvalue weighted by atomic mass is 16.2. The van der Waals surface area contributed by atoms with E-state index < -0.39 is 0 Å². The molecule has 1 aliphatic heterocycles. The van der Waals surface area contributed by atoms with Crippen molar-refractivity contribution >= 4 is 22.6 Å². The van der Waals surface area contributed by atoms with Gasteiger partial charge in [0.1, 0.15) is 12.1 Å². The molecule has 2 aromatic rings. The van der Waals surface area contributed by atoms with Gasteiger partial charge < -0.3 is 10.2 Å². The van der Waals surface area contributed by atoms with Gasteiger partial charge in [0.25, 0.3) is 0 Å². The minimum atomic E-state index is 0.0323. The molecule has 2 heterocycles. The molecule has 1 N–H and O–H groups in total. The molecule has 1 aliphatic rings. The largest absolute Gasteiger partial charge is 0.355 e. The molecular weight excluding hydrogens is 276 g/mol. The number of benzene rings is 1. The maximum Gasteiger partial charge on any atom is 0.225 e. The Morgan fingerprint density at radius 3 is 2.95 bits per heavy atom. The molecule has 1 unspecified atom stereocenters. The lowest BCUT2D eigenvalue weighted by atomic mass is 9.96. The van der Waals surface area contributed by atoms with Gasteiger partial charge >= 0.3 is 0 Å². The van der Waals surface area contributed by atoms with Crippen molar-refractivity contribution in [3.8, 4) is 0 Å². The van der Waals surface area contributed by atoms with Crippen molar-refractivity contribution in [1.29, 1.82) is 0 Å². The van der Waals surface area contributed by atoms with Gasteiger partial charge in [0.15, 0.2) is 0 Å². The Morgan fingerprint density at radius 2 is 2.14 bits per heavy atom. The molecule has 0 aliphatic carbocycles. The van der Waals surface area contributed by atoms with Crippen LogP contribution < -0.4 is 10.2 Å². The smallest absolute Gasteiger partial charge is 0.225 e. The number of nitrogens with one attached hydrogen (secondary N) is 1. The summed E-state index contributed by atoms with van der Waals surface area (Å²) in [6.45, 7) is 5.65. The number of carbonyl (C=O) groups is 1. The number of rotatable bonds is 3. The second-order valence-electron chi connectivity index (χ2n) is 6.16. The Bertz CT molecular complexity index is 665. The van der Waals surface area contributed by atoms with E-state index in [1.165, 1.54) is 0 Å². The van der Waals surface area contributed by atoms with Crippen LogP contribution in [0.2, 0.25) is 0 Å². The third-order valence-corrected chi connectivity index (χ3v) is 4.04. The molecular formula is C17H22N4O. The summed E-state index contributed by atoms with van der Waals surface area (Å²) in [4.78, 5) is 23.3. The van der Waals surface area contributed by atoms with E-state index in [0.29, 0.717) is 0 Å². The number of amides is 1. The van der Waals surface area contributed by atoms with Crippen LogP contribution in [0.4, 0.5) is 5.82 Å². The van der Waals surface area contributed by atoms with Crippen molar-refractivity contribution in [2.24, 2.45) is 5.92 Å². The van der Waals surface area contributed by atoms with Gasteiger partial charge in [-0.1, -0.05) is 12.1 Å². The summed E-state index contributed by atoms with van der Waals surface area (Å²) in [6, 6.07) is 8.20.